The van der Waals surface area contributed by atoms with Gasteiger partial charge < -0.3 is 19.6 Å². The minimum atomic E-state index is -3.70. The number of likely N-dealkylation sites (tertiary alicyclic amines) is 1. The van der Waals surface area contributed by atoms with Crippen molar-refractivity contribution in [2.75, 3.05) is 52.5 Å². The van der Waals surface area contributed by atoms with E-state index in [4.69, 9.17) is 4.74 Å². The number of carbonyl (C=O) groups is 2. The Morgan fingerprint density at radius 3 is 2.22 bits per heavy atom. The molecular weight excluding hydrogens is 494 g/mol. The number of Topliss-reactive ketones (excluding diaryl/α,β-unsaturated/α-hetero) is 1. The van der Waals surface area contributed by atoms with Gasteiger partial charge in [-0.3, -0.25) is 9.59 Å². The normalized spacial score (nSPS) is 20.6. The fraction of sp³-hybridized carbons (Fsp3) is 0.407. The average Bonchev–Trinajstić information content (AvgIpc) is 3.19. The van der Waals surface area contributed by atoms with Crippen molar-refractivity contribution >= 4 is 27.5 Å². The van der Waals surface area contributed by atoms with Crippen LogP contribution in [0.3, 0.4) is 0 Å². The molecule has 0 bridgehead atoms. The van der Waals surface area contributed by atoms with Crippen LogP contribution >= 0.6 is 0 Å². The Balaban J connectivity index is 1.70. The smallest absolute Gasteiger partial charge is 0.295 e. The minimum Gasteiger partial charge on any atom is -0.507 e. The first-order chi connectivity index (χ1) is 17.8. The van der Waals surface area contributed by atoms with E-state index in [1.165, 1.54) is 33.5 Å². The highest BCUT2D eigenvalue weighted by Crippen LogP contribution is 2.39. The molecule has 0 aliphatic carbocycles. The van der Waals surface area contributed by atoms with E-state index in [2.05, 4.69) is 4.90 Å². The Hall–Kier alpha value is -3.05. The van der Waals surface area contributed by atoms with Gasteiger partial charge in [-0.15, -0.1) is 0 Å². The second-order valence-electron chi connectivity index (χ2n) is 8.97. The molecule has 9 nitrogen and oxygen atoms in total. The number of likely N-dealkylation sites (N-methyl/N-ethyl adjacent to an activating group) is 1. The lowest BCUT2D eigenvalue weighted by atomic mass is 9.95. The van der Waals surface area contributed by atoms with Crippen LogP contribution in [0.5, 0.6) is 0 Å². The van der Waals surface area contributed by atoms with Gasteiger partial charge in [0.15, 0.2) is 0 Å². The van der Waals surface area contributed by atoms with Gasteiger partial charge in [-0.1, -0.05) is 44.2 Å². The SMILES string of the molecule is CCN(CC)CCN1C(=O)C(=O)C(=C(O)c2ccc(S(=O)(=O)N3CCOCC3)cc2)C1c1ccccc1. The number of hydrogen-bond donors (Lipinski definition) is 1. The molecule has 1 unspecified atom stereocenters. The fourth-order valence-electron chi connectivity index (χ4n) is 4.76. The van der Waals surface area contributed by atoms with Gasteiger partial charge in [-0.25, -0.2) is 8.42 Å². The van der Waals surface area contributed by atoms with Gasteiger partial charge in [-0.2, -0.15) is 4.31 Å². The van der Waals surface area contributed by atoms with Crippen molar-refractivity contribution in [1.82, 2.24) is 14.1 Å². The molecule has 0 aromatic heterocycles. The van der Waals surface area contributed by atoms with Crippen molar-refractivity contribution in [2.24, 2.45) is 0 Å². The molecule has 2 aliphatic rings. The lowest BCUT2D eigenvalue weighted by Crippen LogP contribution is -2.40. The summed E-state index contributed by atoms with van der Waals surface area (Å²) in [4.78, 5) is 30.1. The van der Waals surface area contributed by atoms with E-state index in [-0.39, 0.29) is 34.9 Å². The molecule has 2 aromatic rings. The van der Waals surface area contributed by atoms with Gasteiger partial charge in [0, 0.05) is 31.7 Å². The molecular formula is C27H33N3O6S. The van der Waals surface area contributed by atoms with E-state index in [1.54, 1.807) is 0 Å². The molecule has 198 valence electrons. The number of amides is 1. The van der Waals surface area contributed by atoms with Crippen LogP contribution < -0.4 is 0 Å². The number of aliphatic hydroxyl groups excluding tert-OH is 1. The summed E-state index contributed by atoms with van der Waals surface area (Å²) in [6, 6.07) is 14.2. The third kappa shape index (κ3) is 5.47. The van der Waals surface area contributed by atoms with Gasteiger partial charge in [0.1, 0.15) is 5.76 Å². The zero-order valence-electron chi connectivity index (χ0n) is 21.2. The third-order valence-electron chi connectivity index (χ3n) is 6.94. The minimum absolute atomic E-state index is 0.000432. The summed E-state index contributed by atoms with van der Waals surface area (Å²) >= 11 is 0. The number of aliphatic hydroxyl groups is 1. The number of ketones is 1. The topological polar surface area (TPSA) is 107 Å². The first kappa shape index (κ1) is 27.0. The molecule has 2 fully saturated rings. The molecule has 4 rings (SSSR count). The third-order valence-corrected chi connectivity index (χ3v) is 8.86. The molecule has 37 heavy (non-hydrogen) atoms. The zero-order valence-corrected chi connectivity index (χ0v) is 22.0. The molecule has 0 radical (unpaired) electrons. The van der Waals surface area contributed by atoms with Crippen molar-refractivity contribution in [2.45, 2.75) is 24.8 Å². The highest BCUT2D eigenvalue weighted by atomic mass is 32.2. The predicted octanol–water partition coefficient (Wildman–Crippen LogP) is 2.47. The van der Waals surface area contributed by atoms with Crippen LogP contribution in [-0.2, 0) is 24.3 Å². The van der Waals surface area contributed by atoms with Gasteiger partial charge >= 0.3 is 0 Å². The van der Waals surface area contributed by atoms with Gasteiger partial charge in [0.2, 0.25) is 10.0 Å². The van der Waals surface area contributed by atoms with Crippen molar-refractivity contribution in [3.05, 3.63) is 71.3 Å². The molecule has 2 aliphatic heterocycles. The second-order valence-corrected chi connectivity index (χ2v) is 10.9. The maximum atomic E-state index is 13.2. The highest BCUT2D eigenvalue weighted by molar-refractivity contribution is 7.89. The van der Waals surface area contributed by atoms with Crippen molar-refractivity contribution < 1.29 is 27.9 Å². The first-order valence-corrected chi connectivity index (χ1v) is 14.0. The van der Waals surface area contributed by atoms with Crippen molar-refractivity contribution in [3.63, 3.8) is 0 Å². The molecule has 2 heterocycles. The molecule has 0 spiro atoms. The quantitative estimate of drug-likeness (QED) is 0.303. The summed E-state index contributed by atoms with van der Waals surface area (Å²) in [5, 5.41) is 11.3. The van der Waals surface area contributed by atoms with Crippen LogP contribution in [-0.4, -0.2) is 91.8 Å². The molecule has 10 heteroatoms. The first-order valence-electron chi connectivity index (χ1n) is 12.5. The molecule has 1 amide bonds. The summed E-state index contributed by atoms with van der Waals surface area (Å²) in [5.74, 6) is -1.74. The number of sulfonamides is 1. The Kier molecular flexibility index (Phi) is 8.43. The summed E-state index contributed by atoms with van der Waals surface area (Å²) in [6.45, 7) is 7.86. The molecule has 0 saturated carbocycles. The van der Waals surface area contributed by atoms with E-state index in [1.807, 2.05) is 44.2 Å². The van der Waals surface area contributed by atoms with Crippen molar-refractivity contribution in [3.8, 4) is 0 Å². The summed E-state index contributed by atoms with van der Waals surface area (Å²) in [7, 11) is -3.70. The van der Waals surface area contributed by atoms with E-state index < -0.39 is 27.8 Å². The maximum Gasteiger partial charge on any atom is 0.295 e. The van der Waals surface area contributed by atoms with Crippen molar-refractivity contribution in [1.29, 1.82) is 0 Å². The highest BCUT2D eigenvalue weighted by Gasteiger charge is 2.46. The van der Waals surface area contributed by atoms with Gasteiger partial charge in [-0.05, 0) is 42.9 Å². The fourth-order valence-corrected chi connectivity index (χ4v) is 6.17. The lowest BCUT2D eigenvalue weighted by Gasteiger charge is -2.28. The number of morpholine rings is 1. The van der Waals surface area contributed by atoms with Crippen LogP contribution in [0.15, 0.2) is 65.1 Å². The summed E-state index contributed by atoms with van der Waals surface area (Å²) in [6.07, 6.45) is 0. The molecule has 1 N–H and O–H groups in total. The van der Waals surface area contributed by atoms with E-state index in [0.29, 0.717) is 31.9 Å². The standard InChI is InChI=1S/C27H33N3O6S/c1-3-28(4-2)14-15-30-24(20-8-6-5-7-9-20)23(26(32)27(30)33)25(31)21-10-12-22(13-11-21)37(34,35)29-16-18-36-19-17-29/h5-13,24,31H,3-4,14-19H2,1-2H3. The largest absolute Gasteiger partial charge is 0.507 e. The van der Waals surface area contributed by atoms with Crippen LogP contribution in [0.2, 0.25) is 0 Å². The number of nitrogens with zero attached hydrogens (tertiary/aromatic N) is 3. The molecule has 2 saturated heterocycles. The summed E-state index contributed by atoms with van der Waals surface area (Å²) < 4.78 is 32.5. The Bertz CT molecular complexity index is 1250. The van der Waals surface area contributed by atoms with E-state index in [9.17, 15) is 23.1 Å². The second kappa shape index (κ2) is 11.6. The molecule has 2 aromatic carbocycles. The number of carbonyl (C=O) groups excluding carboxylic acids is 2. The lowest BCUT2D eigenvalue weighted by molar-refractivity contribution is -0.140. The maximum absolute atomic E-state index is 13.2. The molecule has 1 atom stereocenters. The predicted molar refractivity (Wildman–Crippen MR) is 139 cm³/mol. The number of hydrogen-bond acceptors (Lipinski definition) is 7. The number of rotatable bonds is 9. The Morgan fingerprint density at radius 1 is 1.00 bits per heavy atom. The van der Waals surface area contributed by atoms with Crippen LogP contribution in [0.25, 0.3) is 5.76 Å². The number of ether oxygens (including phenoxy) is 1. The monoisotopic (exact) mass is 527 g/mol. The van der Waals surface area contributed by atoms with Crippen LogP contribution in [0.1, 0.15) is 31.0 Å². The van der Waals surface area contributed by atoms with E-state index in [0.717, 1.165) is 13.1 Å². The van der Waals surface area contributed by atoms with Gasteiger partial charge in [0.25, 0.3) is 11.7 Å². The zero-order chi connectivity index (χ0) is 26.6. The van der Waals surface area contributed by atoms with Crippen LogP contribution in [0, 0.1) is 0 Å². The summed E-state index contributed by atoms with van der Waals surface area (Å²) in [5.41, 5.74) is 0.984. The van der Waals surface area contributed by atoms with Crippen LogP contribution in [0.4, 0.5) is 0 Å². The average molecular weight is 528 g/mol. The Labute approximate surface area is 218 Å². The number of benzene rings is 2. The van der Waals surface area contributed by atoms with E-state index >= 15 is 0 Å². The van der Waals surface area contributed by atoms with Gasteiger partial charge in [0.05, 0.1) is 29.7 Å². The Morgan fingerprint density at radius 2 is 1.62 bits per heavy atom.